The molecule has 0 bridgehead atoms. The van der Waals surface area contributed by atoms with E-state index in [0.29, 0.717) is 12.0 Å². The third-order valence-corrected chi connectivity index (χ3v) is 6.79. The van der Waals surface area contributed by atoms with Crippen LogP contribution in [0.15, 0.2) is 54.6 Å². The van der Waals surface area contributed by atoms with Gasteiger partial charge in [0, 0.05) is 6.08 Å². The minimum absolute atomic E-state index is 0.172. The molecule has 224 valence electrons. The minimum atomic E-state index is -2.00. The van der Waals surface area contributed by atoms with Crippen LogP contribution in [0.25, 0.3) is 6.08 Å². The van der Waals surface area contributed by atoms with Gasteiger partial charge in [0.25, 0.3) is 0 Å². The molecule has 7 N–H and O–H groups in total. The maximum absolute atomic E-state index is 12.1. The maximum Gasteiger partial charge on any atom is 0.330 e. The molecule has 2 aromatic rings. The number of benzene rings is 2. The zero-order chi connectivity index (χ0) is 29.6. The number of carbonyl (C=O) groups excluding carboxylic acids is 1. The summed E-state index contributed by atoms with van der Waals surface area (Å²) in [6, 6.07) is 13.4. The Bertz CT molecular complexity index is 1170. The highest BCUT2D eigenvalue weighted by atomic mass is 16.7. The number of ether oxygens (including phenoxy) is 5. The summed E-state index contributed by atoms with van der Waals surface area (Å²) < 4.78 is 27.0. The van der Waals surface area contributed by atoms with Crippen LogP contribution in [-0.2, 0) is 34.9 Å². The fourth-order valence-electron chi connectivity index (χ4n) is 4.29. The molecule has 0 unspecified atom stereocenters. The highest BCUT2D eigenvalue weighted by Crippen LogP contribution is 2.29. The SMILES string of the molecule is O=C(C=Cc1ccc(O)c(O)c1)OC[C@]1(O)CO[C@H](OC[C@@H]2O[C@H](OCCc3ccccc3)[C@@H](O)[C@H](O)[C@H]2O)[C@H]1O. The van der Waals surface area contributed by atoms with Crippen LogP contribution in [-0.4, -0.2) is 117 Å². The van der Waals surface area contributed by atoms with Crippen molar-refractivity contribution in [2.24, 2.45) is 0 Å². The number of aromatic hydroxyl groups is 2. The summed E-state index contributed by atoms with van der Waals surface area (Å²) >= 11 is 0. The fourth-order valence-corrected chi connectivity index (χ4v) is 4.29. The molecule has 0 saturated carbocycles. The number of rotatable bonds is 11. The molecule has 2 heterocycles. The highest BCUT2D eigenvalue weighted by Gasteiger charge is 2.51. The summed E-state index contributed by atoms with van der Waals surface area (Å²) in [7, 11) is 0. The van der Waals surface area contributed by atoms with E-state index in [4.69, 9.17) is 23.7 Å². The second-order valence-corrected chi connectivity index (χ2v) is 9.87. The molecule has 2 saturated heterocycles. The van der Waals surface area contributed by atoms with Gasteiger partial charge in [-0.1, -0.05) is 36.4 Å². The maximum atomic E-state index is 12.1. The average molecular weight is 579 g/mol. The van der Waals surface area contributed by atoms with Crippen molar-refractivity contribution in [3.05, 3.63) is 65.7 Å². The lowest BCUT2D eigenvalue weighted by Crippen LogP contribution is -2.59. The Balaban J connectivity index is 1.24. The Labute approximate surface area is 235 Å². The molecule has 4 rings (SSSR count). The molecule has 8 atom stereocenters. The minimum Gasteiger partial charge on any atom is -0.504 e. The van der Waals surface area contributed by atoms with E-state index in [2.05, 4.69) is 0 Å². The number of phenolic OH excluding ortho intramolecular Hbond substituents is 2. The van der Waals surface area contributed by atoms with Crippen LogP contribution in [0.5, 0.6) is 11.5 Å². The second-order valence-electron chi connectivity index (χ2n) is 9.87. The van der Waals surface area contributed by atoms with Gasteiger partial charge >= 0.3 is 5.97 Å². The lowest BCUT2D eigenvalue weighted by Gasteiger charge is -2.40. The molecule has 0 radical (unpaired) electrons. The molecular weight excluding hydrogens is 544 g/mol. The number of aliphatic hydroxyl groups is 5. The number of phenols is 2. The van der Waals surface area contributed by atoms with Gasteiger partial charge in [0.05, 0.1) is 19.8 Å². The van der Waals surface area contributed by atoms with Gasteiger partial charge in [0.2, 0.25) is 0 Å². The normalized spacial score (nSPS) is 31.9. The van der Waals surface area contributed by atoms with Crippen LogP contribution in [0.3, 0.4) is 0 Å². The van der Waals surface area contributed by atoms with Crippen LogP contribution >= 0.6 is 0 Å². The first-order valence-corrected chi connectivity index (χ1v) is 12.9. The Morgan fingerprint density at radius 3 is 2.44 bits per heavy atom. The lowest BCUT2D eigenvalue weighted by atomic mass is 9.99. The van der Waals surface area contributed by atoms with Crippen molar-refractivity contribution in [2.75, 3.05) is 26.4 Å². The van der Waals surface area contributed by atoms with E-state index in [1.54, 1.807) is 0 Å². The zero-order valence-electron chi connectivity index (χ0n) is 21.9. The first-order chi connectivity index (χ1) is 19.6. The zero-order valence-corrected chi connectivity index (χ0v) is 21.9. The van der Waals surface area contributed by atoms with Crippen molar-refractivity contribution >= 4 is 12.0 Å². The Kier molecular flexibility index (Phi) is 10.3. The Morgan fingerprint density at radius 2 is 1.71 bits per heavy atom. The molecule has 13 nitrogen and oxygen atoms in total. The first kappa shape index (κ1) is 30.8. The predicted molar refractivity (Wildman–Crippen MR) is 139 cm³/mol. The van der Waals surface area contributed by atoms with Gasteiger partial charge < -0.3 is 59.4 Å². The van der Waals surface area contributed by atoms with Crippen molar-refractivity contribution in [3.63, 3.8) is 0 Å². The van der Waals surface area contributed by atoms with Crippen molar-refractivity contribution < 1.29 is 64.2 Å². The van der Waals surface area contributed by atoms with Gasteiger partial charge in [-0.25, -0.2) is 4.79 Å². The number of hydrogen-bond donors (Lipinski definition) is 7. The van der Waals surface area contributed by atoms with E-state index in [0.717, 1.165) is 11.6 Å². The summed E-state index contributed by atoms with van der Waals surface area (Å²) in [5.74, 6) is -1.54. The topological polar surface area (TPSA) is 205 Å². The molecule has 0 spiro atoms. The number of esters is 1. The Hall–Kier alpha value is -3.11. The molecule has 2 aliphatic heterocycles. The van der Waals surface area contributed by atoms with Crippen molar-refractivity contribution in [3.8, 4) is 11.5 Å². The Morgan fingerprint density at radius 1 is 0.951 bits per heavy atom. The molecule has 41 heavy (non-hydrogen) atoms. The fraction of sp³-hybridized carbons (Fsp3) is 0.464. The first-order valence-electron chi connectivity index (χ1n) is 12.9. The van der Waals surface area contributed by atoms with Crippen molar-refractivity contribution in [1.29, 1.82) is 0 Å². The number of hydrogen-bond acceptors (Lipinski definition) is 13. The molecule has 2 aromatic carbocycles. The van der Waals surface area contributed by atoms with Crippen LogP contribution < -0.4 is 0 Å². The summed E-state index contributed by atoms with van der Waals surface area (Å²) in [5, 5.41) is 71.1. The van der Waals surface area contributed by atoms with E-state index < -0.39 is 74.5 Å². The quantitative estimate of drug-likeness (QED) is 0.0991. The molecule has 13 heteroatoms. The standard InChI is InChI=1S/C28H34O13/c29-18-8-6-17(12-19(18)30)7-9-21(31)39-14-28(36)15-40-27(25(28)35)38-13-20-22(32)23(33)24(34)26(41-20)37-11-10-16-4-2-1-3-5-16/h1-9,12,20,22-27,29-30,32-36H,10-11,13-15H2/t20-,22-,23+,24-,25+,26-,27-,28-/m0/s1. The summed E-state index contributed by atoms with van der Waals surface area (Å²) in [4.78, 5) is 12.1. The monoisotopic (exact) mass is 578 g/mol. The van der Waals surface area contributed by atoms with Crippen LogP contribution in [0, 0.1) is 0 Å². The third-order valence-electron chi connectivity index (χ3n) is 6.79. The summed E-state index contributed by atoms with van der Waals surface area (Å²) in [5.41, 5.74) is -0.602. The van der Waals surface area contributed by atoms with E-state index >= 15 is 0 Å². The van der Waals surface area contributed by atoms with E-state index in [-0.39, 0.29) is 18.1 Å². The van der Waals surface area contributed by atoms with Gasteiger partial charge in [0.1, 0.15) is 37.1 Å². The van der Waals surface area contributed by atoms with Gasteiger partial charge in [-0.2, -0.15) is 0 Å². The van der Waals surface area contributed by atoms with E-state index in [1.807, 2.05) is 30.3 Å². The van der Waals surface area contributed by atoms with E-state index in [1.165, 1.54) is 24.3 Å². The number of aliphatic hydroxyl groups excluding tert-OH is 4. The molecule has 2 fully saturated rings. The second kappa shape index (κ2) is 13.7. The molecule has 0 aromatic heterocycles. The summed E-state index contributed by atoms with van der Waals surface area (Å²) in [6.07, 6.45) is -7.23. The van der Waals surface area contributed by atoms with Crippen molar-refractivity contribution in [2.45, 2.75) is 55.1 Å². The lowest BCUT2D eigenvalue weighted by molar-refractivity contribution is -0.309. The summed E-state index contributed by atoms with van der Waals surface area (Å²) in [6.45, 7) is -1.31. The van der Waals surface area contributed by atoms with Crippen LogP contribution in [0.2, 0.25) is 0 Å². The molecule has 0 aliphatic carbocycles. The van der Waals surface area contributed by atoms with Crippen molar-refractivity contribution in [1.82, 2.24) is 0 Å². The molecular formula is C28H34O13. The van der Waals surface area contributed by atoms with Gasteiger partial charge in [-0.15, -0.1) is 0 Å². The van der Waals surface area contributed by atoms with E-state index in [9.17, 15) is 40.5 Å². The highest BCUT2D eigenvalue weighted by molar-refractivity contribution is 5.87. The van der Waals surface area contributed by atoms with Crippen LogP contribution in [0.4, 0.5) is 0 Å². The van der Waals surface area contributed by atoms with Gasteiger partial charge in [0.15, 0.2) is 29.7 Å². The smallest absolute Gasteiger partial charge is 0.330 e. The van der Waals surface area contributed by atoms with Gasteiger partial charge in [-0.3, -0.25) is 0 Å². The average Bonchev–Trinajstić information content (AvgIpc) is 3.25. The van der Waals surface area contributed by atoms with Gasteiger partial charge in [-0.05, 0) is 35.8 Å². The van der Waals surface area contributed by atoms with Crippen LogP contribution in [0.1, 0.15) is 11.1 Å². The largest absolute Gasteiger partial charge is 0.504 e. The molecule has 2 aliphatic rings. The predicted octanol–water partition coefficient (Wildman–Crippen LogP) is -0.814. The third kappa shape index (κ3) is 7.80. The molecule has 0 amide bonds. The number of carbonyl (C=O) groups is 1.